The summed E-state index contributed by atoms with van der Waals surface area (Å²) in [6.07, 6.45) is 1.32. The quantitative estimate of drug-likeness (QED) is 0.869. The summed E-state index contributed by atoms with van der Waals surface area (Å²) in [5.74, 6) is -3.12. The van der Waals surface area contributed by atoms with E-state index in [0.29, 0.717) is 5.69 Å². The zero-order valence-corrected chi connectivity index (χ0v) is 12.8. The van der Waals surface area contributed by atoms with Gasteiger partial charge < -0.3 is 10.1 Å². The van der Waals surface area contributed by atoms with Crippen molar-refractivity contribution in [2.45, 2.75) is 13.0 Å². The van der Waals surface area contributed by atoms with Gasteiger partial charge in [0.1, 0.15) is 11.6 Å². The van der Waals surface area contributed by atoms with Crippen molar-refractivity contribution in [1.29, 1.82) is 0 Å². The SMILES string of the molecule is COC(=O)C(NC(=O)c1cnn(C)c1C)c1cc(F)ccc1F. The normalized spacial score (nSPS) is 11.9. The van der Waals surface area contributed by atoms with Crippen LogP contribution >= 0.6 is 0 Å². The van der Waals surface area contributed by atoms with Gasteiger partial charge in [0.25, 0.3) is 5.91 Å². The van der Waals surface area contributed by atoms with Gasteiger partial charge in [-0.15, -0.1) is 0 Å². The molecule has 1 aromatic carbocycles. The molecule has 1 unspecified atom stereocenters. The molecule has 1 atom stereocenters. The highest BCUT2D eigenvalue weighted by atomic mass is 19.1. The van der Waals surface area contributed by atoms with E-state index in [4.69, 9.17) is 0 Å². The predicted molar refractivity (Wildman–Crippen MR) is 76.5 cm³/mol. The molecule has 0 bridgehead atoms. The molecule has 1 amide bonds. The number of benzene rings is 1. The molecule has 1 aromatic heterocycles. The summed E-state index contributed by atoms with van der Waals surface area (Å²) in [5.41, 5.74) is 0.468. The van der Waals surface area contributed by atoms with E-state index in [1.807, 2.05) is 0 Å². The van der Waals surface area contributed by atoms with Gasteiger partial charge in [0.15, 0.2) is 6.04 Å². The average Bonchev–Trinajstić information content (AvgIpc) is 2.86. The van der Waals surface area contributed by atoms with Crippen molar-refractivity contribution in [1.82, 2.24) is 15.1 Å². The average molecular weight is 323 g/mol. The molecular formula is C15H15F2N3O3. The van der Waals surface area contributed by atoms with Gasteiger partial charge in [-0.25, -0.2) is 13.6 Å². The third-order valence-electron chi connectivity index (χ3n) is 3.46. The molecule has 0 saturated carbocycles. The second kappa shape index (κ2) is 6.55. The molecule has 0 spiro atoms. The Morgan fingerprint density at radius 2 is 2.04 bits per heavy atom. The molecule has 23 heavy (non-hydrogen) atoms. The number of rotatable bonds is 4. The van der Waals surface area contributed by atoms with E-state index in [9.17, 15) is 18.4 Å². The Labute approximate surface area is 131 Å². The van der Waals surface area contributed by atoms with Crippen molar-refractivity contribution in [2.75, 3.05) is 7.11 Å². The van der Waals surface area contributed by atoms with Gasteiger partial charge >= 0.3 is 5.97 Å². The van der Waals surface area contributed by atoms with Crippen LogP contribution < -0.4 is 5.32 Å². The van der Waals surface area contributed by atoms with Gasteiger partial charge in [0, 0.05) is 18.3 Å². The van der Waals surface area contributed by atoms with E-state index in [-0.39, 0.29) is 11.1 Å². The van der Waals surface area contributed by atoms with Gasteiger partial charge in [0.05, 0.1) is 18.9 Å². The van der Waals surface area contributed by atoms with Crippen molar-refractivity contribution in [2.24, 2.45) is 7.05 Å². The number of aryl methyl sites for hydroxylation is 1. The fourth-order valence-corrected chi connectivity index (χ4v) is 2.05. The Bertz CT molecular complexity index is 758. The van der Waals surface area contributed by atoms with Crippen LogP contribution in [0.1, 0.15) is 27.7 Å². The van der Waals surface area contributed by atoms with Gasteiger partial charge in [-0.1, -0.05) is 0 Å². The highest BCUT2D eigenvalue weighted by Gasteiger charge is 2.28. The number of halogens is 2. The third-order valence-corrected chi connectivity index (χ3v) is 3.46. The monoisotopic (exact) mass is 323 g/mol. The predicted octanol–water partition coefficient (Wildman–Crippen LogP) is 1.65. The maximum absolute atomic E-state index is 13.9. The minimum Gasteiger partial charge on any atom is -0.467 e. The highest BCUT2D eigenvalue weighted by Crippen LogP contribution is 2.21. The lowest BCUT2D eigenvalue weighted by Crippen LogP contribution is -2.35. The Morgan fingerprint density at radius 1 is 1.35 bits per heavy atom. The van der Waals surface area contributed by atoms with Gasteiger partial charge in [-0.2, -0.15) is 5.10 Å². The molecule has 8 heteroatoms. The second-order valence-electron chi connectivity index (χ2n) is 4.86. The van der Waals surface area contributed by atoms with Crippen LogP contribution in [0.4, 0.5) is 8.78 Å². The largest absolute Gasteiger partial charge is 0.467 e. The van der Waals surface area contributed by atoms with Gasteiger partial charge in [-0.3, -0.25) is 9.48 Å². The molecular weight excluding hydrogens is 308 g/mol. The smallest absolute Gasteiger partial charge is 0.333 e. The van der Waals surface area contributed by atoms with Crippen LogP contribution in [0.15, 0.2) is 24.4 Å². The molecule has 0 fully saturated rings. The maximum atomic E-state index is 13.9. The summed E-state index contributed by atoms with van der Waals surface area (Å²) in [6, 6.07) is 1.16. The first-order valence-corrected chi connectivity index (χ1v) is 6.67. The maximum Gasteiger partial charge on any atom is 0.333 e. The molecule has 1 N–H and O–H groups in total. The topological polar surface area (TPSA) is 73.2 Å². The van der Waals surface area contributed by atoms with Crippen molar-refractivity contribution >= 4 is 11.9 Å². The Kier molecular flexibility index (Phi) is 4.73. The van der Waals surface area contributed by atoms with E-state index in [1.165, 1.54) is 10.9 Å². The number of carbonyl (C=O) groups excluding carboxylic acids is 2. The van der Waals surface area contributed by atoms with Crippen LogP contribution in [-0.4, -0.2) is 28.8 Å². The van der Waals surface area contributed by atoms with Crippen LogP contribution in [0.25, 0.3) is 0 Å². The first-order chi connectivity index (χ1) is 10.8. The van der Waals surface area contributed by atoms with Crippen molar-refractivity contribution in [3.63, 3.8) is 0 Å². The van der Waals surface area contributed by atoms with E-state index < -0.39 is 29.6 Å². The zero-order chi connectivity index (χ0) is 17.1. The molecule has 0 saturated heterocycles. The third kappa shape index (κ3) is 3.36. The molecule has 0 radical (unpaired) electrons. The van der Waals surface area contributed by atoms with Crippen molar-refractivity contribution in [3.8, 4) is 0 Å². The van der Waals surface area contributed by atoms with Gasteiger partial charge in [-0.05, 0) is 25.1 Å². The fraction of sp³-hybridized carbons (Fsp3) is 0.267. The Morgan fingerprint density at radius 3 is 2.61 bits per heavy atom. The number of carbonyl (C=O) groups is 2. The summed E-state index contributed by atoms with van der Waals surface area (Å²) in [5, 5.41) is 6.27. The number of esters is 1. The first kappa shape index (κ1) is 16.6. The number of aromatic nitrogens is 2. The van der Waals surface area contributed by atoms with E-state index in [2.05, 4.69) is 15.2 Å². The number of nitrogens with one attached hydrogen (secondary N) is 1. The Hall–Kier alpha value is -2.77. The number of amides is 1. The summed E-state index contributed by atoms with van der Waals surface area (Å²) < 4.78 is 33.3. The number of methoxy groups -OCH3 is 1. The summed E-state index contributed by atoms with van der Waals surface area (Å²) >= 11 is 0. The van der Waals surface area contributed by atoms with Crippen LogP contribution in [0, 0.1) is 18.6 Å². The van der Waals surface area contributed by atoms with Crippen LogP contribution in [-0.2, 0) is 16.6 Å². The number of nitrogens with zero attached hydrogens (tertiary/aromatic N) is 2. The van der Waals surface area contributed by atoms with Crippen molar-refractivity contribution in [3.05, 3.63) is 52.9 Å². The van der Waals surface area contributed by atoms with Crippen LogP contribution in [0.2, 0.25) is 0 Å². The summed E-state index contributed by atoms with van der Waals surface area (Å²) in [6.45, 7) is 1.66. The van der Waals surface area contributed by atoms with Crippen LogP contribution in [0.3, 0.4) is 0 Å². The fourth-order valence-electron chi connectivity index (χ4n) is 2.05. The second-order valence-corrected chi connectivity index (χ2v) is 4.86. The molecule has 122 valence electrons. The highest BCUT2D eigenvalue weighted by molar-refractivity contribution is 5.97. The minimum atomic E-state index is -1.47. The lowest BCUT2D eigenvalue weighted by atomic mass is 10.1. The van der Waals surface area contributed by atoms with E-state index in [0.717, 1.165) is 25.3 Å². The van der Waals surface area contributed by atoms with Crippen LogP contribution in [0.5, 0.6) is 0 Å². The molecule has 2 aromatic rings. The minimum absolute atomic E-state index is 0.221. The van der Waals surface area contributed by atoms with Gasteiger partial charge in [0.2, 0.25) is 0 Å². The molecule has 0 aliphatic rings. The first-order valence-electron chi connectivity index (χ1n) is 6.67. The molecule has 0 aliphatic carbocycles. The number of hydrogen-bond acceptors (Lipinski definition) is 4. The molecule has 6 nitrogen and oxygen atoms in total. The van der Waals surface area contributed by atoms with Crippen molar-refractivity contribution < 1.29 is 23.1 Å². The lowest BCUT2D eigenvalue weighted by molar-refractivity contribution is -0.143. The van der Waals surface area contributed by atoms with E-state index in [1.54, 1.807) is 14.0 Å². The summed E-state index contributed by atoms with van der Waals surface area (Å²) in [7, 11) is 2.74. The standard InChI is InChI=1S/C15H15F2N3O3/c1-8-11(7-18-20(8)2)14(21)19-13(15(22)23-3)10-6-9(16)4-5-12(10)17/h4-7,13H,1-3H3,(H,19,21). The number of ether oxygens (including phenoxy) is 1. The Balaban J connectivity index is 2.37. The molecule has 0 aliphatic heterocycles. The lowest BCUT2D eigenvalue weighted by Gasteiger charge is -2.17. The summed E-state index contributed by atoms with van der Waals surface area (Å²) in [4.78, 5) is 24.2. The number of hydrogen-bond donors (Lipinski definition) is 1. The van der Waals surface area contributed by atoms with E-state index >= 15 is 0 Å². The zero-order valence-electron chi connectivity index (χ0n) is 12.8. The molecule has 1 heterocycles. The molecule has 2 rings (SSSR count).